The molecule has 0 aliphatic carbocycles. The molecule has 0 fully saturated rings. The van der Waals surface area contributed by atoms with Crippen molar-refractivity contribution in [1.29, 1.82) is 0 Å². The number of hydrogen-bond acceptors (Lipinski definition) is 2. The van der Waals surface area contributed by atoms with E-state index in [4.69, 9.17) is 0 Å². The lowest BCUT2D eigenvalue weighted by molar-refractivity contribution is -0.154. The first-order valence-corrected chi connectivity index (χ1v) is 5.56. The number of para-hydroxylation sites is 1. The Hall–Kier alpha value is -1.30. The lowest BCUT2D eigenvalue weighted by atomic mass is 10.1. The van der Waals surface area contributed by atoms with Gasteiger partial charge in [-0.05, 0) is 19.5 Å². The minimum Gasteiger partial charge on any atom is -0.481 e. The number of nitrogens with one attached hydrogen (secondary N) is 1. The van der Waals surface area contributed by atoms with Crippen LogP contribution in [0.1, 0.15) is 25.5 Å². The predicted molar refractivity (Wildman–Crippen MR) is 60.0 cm³/mol. The van der Waals surface area contributed by atoms with Gasteiger partial charge in [-0.25, -0.2) is 4.39 Å². The van der Waals surface area contributed by atoms with Crippen LogP contribution >= 0.6 is 0 Å². The predicted octanol–water partition coefficient (Wildman–Crippen LogP) is 3.44. The van der Waals surface area contributed by atoms with E-state index in [1.165, 1.54) is 6.07 Å². The summed E-state index contributed by atoms with van der Waals surface area (Å²) >= 11 is 0. The van der Waals surface area contributed by atoms with Crippen molar-refractivity contribution in [3.05, 3.63) is 29.6 Å². The Labute approximate surface area is 103 Å². The number of halogens is 4. The van der Waals surface area contributed by atoms with Gasteiger partial charge in [0.15, 0.2) is 18.2 Å². The van der Waals surface area contributed by atoms with E-state index in [2.05, 4.69) is 10.1 Å². The Kier molecular flexibility index (Phi) is 4.95. The molecule has 0 saturated heterocycles. The molecule has 0 aromatic heterocycles. The number of ether oxygens (including phenoxy) is 1. The molecular formula is C12H15F4NO. The summed E-state index contributed by atoms with van der Waals surface area (Å²) < 4.78 is 54.3. The summed E-state index contributed by atoms with van der Waals surface area (Å²) in [4.78, 5) is 0. The molecule has 6 heteroatoms. The highest BCUT2D eigenvalue weighted by Crippen LogP contribution is 2.29. The van der Waals surface area contributed by atoms with Crippen LogP contribution in [0.2, 0.25) is 0 Å². The van der Waals surface area contributed by atoms with Gasteiger partial charge in [0.25, 0.3) is 0 Å². The molecule has 0 radical (unpaired) electrons. The van der Waals surface area contributed by atoms with Crippen LogP contribution in [0.15, 0.2) is 18.2 Å². The van der Waals surface area contributed by atoms with Crippen molar-refractivity contribution in [1.82, 2.24) is 5.32 Å². The number of hydrogen-bond donors (Lipinski definition) is 1. The van der Waals surface area contributed by atoms with E-state index in [1.807, 2.05) is 6.92 Å². The topological polar surface area (TPSA) is 21.3 Å². The van der Waals surface area contributed by atoms with Crippen LogP contribution in [0.5, 0.6) is 5.75 Å². The Morgan fingerprint density at radius 3 is 2.56 bits per heavy atom. The molecule has 1 rings (SSSR count). The summed E-state index contributed by atoms with van der Waals surface area (Å²) in [6, 6.07) is 3.78. The van der Waals surface area contributed by atoms with Gasteiger partial charge in [0.2, 0.25) is 0 Å². The number of rotatable bonds is 5. The zero-order chi connectivity index (χ0) is 13.8. The van der Waals surface area contributed by atoms with Crippen molar-refractivity contribution >= 4 is 0 Å². The van der Waals surface area contributed by atoms with Gasteiger partial charge in [0, 0.05) is 11.6 Å². The summed E-state index contributed by atoms with van der Waals surface area (Å²) in [5, 5.41) is 3.00. The van der Waals surface area contributed by atoms with Gasteiger partial charge >= 0.3 is 6.18 Å². The highest BCUT2D eigenvalue weighted by Gasteiger charge is 2.29. The van der Waals surface area contributed by atoms with E-state index in [1.54, 1.807) is 13.0 Å². The minimum atomic E-state index is -4.49. The van der Waals surface area contributed by atoms with Crippen LogP contribution < -0.4 is 10.1 Å². The maximum absolute atomic E-state index is 13.5. The van der Waals surface area contributed by atoms with Crippen molar-refractivity contribution in [2.75, 3.05) is 13.2 Å². The number of benzene rings is 1. The SMILES string of the molecule is CCNC(C)c1cccc(F)c1OCC(F)(F)F. The zero-order valence-corrected chi connectivity index (χ0v) is 10.1. The fourth-order valence-electron chi connectivity index (χ4n) is 1.59. The average molecular weight is 265 g/mol. The maximum Gasteiger partial charge on any atom is 0.422 e. The lowest BCUT2D eigenvalue weighted by Crippen LogP contribution is -2.23. The Bertz CT molecular complexity index is 392. The van der Waals surface area contributed by atoms with Gasteiger partial charge in [-0.15, -0.1) is 0 Å². The van der Waals surface area contributed by atoms with Gasteiger partial charge in [0.1, 0.15) is 0 Å². The molecule has 0 saturated carbocycles. The Morgan fingerprint density at radius 2 is 2.00 bits per heavy atom. The monoisotopic (exact) mass is 265 g/mol. The third-order valence-corrected chi connectivity index (χ3v) is 2.35. The first-order valence-electron chi connectivity index (χ1n) is 5.56. The molecule has 102 valence electrons. The van der Waals surface area contributed by atoms with Gasteiger partial charge in [-0.1, -0.05) is 19.1 Å². The summed E-state index contributed by atoms with van der Waals surface area (Å²) in [5.74, 6) is -1.13. The number of alkyl halides is 3. The van der Waals surface area contributed by atoms with Gasteiger partial charge in [-0.2, -0.15) is 13.2 Å². The third kappa shape index (κ3) is 4.18. The molecule has 1 aromatic rings. The van der Waals surface area contributed by atoms with Gasteiger partial charge in [-0.3, -0.25) is 0 Å². The highest BCUT2D eigenvalue weighted by molar-refractivity contribution is 5.37. The molecule has 0 amide bonds. The second-order valence-corrected chi connectivity index (χ2v) is 3.84. The smallest absolute Gasteiger partial charge is 0.422 e. The molecule has 1 N–H and O–H groups in total. The van der Waals surface area contributed by atoms with Crippen molar-refractivity contribution in [3.63, 3.8) is 0 Å². The molecule has 0 bridgehead atoms. The Morgan fingerprint density at radius 1 is 1.33 bits per heavy atom. The molecule has 2 nitrogen and oxygen atoms in total. The van der Waals surface area contributed by atoms with Crippen LogP contribution in [0, 0.1) is 5.82 Å². The Balaban J connectivity index is 2.93. The van der Waals surface area contributed by atoms with Gasteiger partial charge in [0.05, 0.1) is 0 Å². The molecule has 0 spiro atoms. The first-order chi connectivity index (χ1) is 8.35. The normalized spacial score (nSPS) is 13.4. The molecule has 1 unspecified atom stereocenters. The largest absolute Gasteiger partial charge is 0.481 e. The van der Waals surface area contributed by atoms with Crippen LogP contribution in [0.4, 0.5) is 17.6 Å². The molecule has 18 heavy (non-hydrogen) atoms. The van der Waals surface area contributed by atoms with Crippen LogP contribution in [-0.4, -0.2) is 19.3 Å². The van der Waals surface area contributed by atoms with E-state index in [-0.39, 0.29) is 11.8 Å². The van der Waals surface area contributed by atoms with Crippen molar-refractivity contribution in [2.45, 2.75) is 26.1 Å². The average Bonchev–Trinajstić information content (AvgIpc) is 2.26. The fourth-order valence-corrected chi connectivity index (χ4v) is 1.59. The highest BCUT2D eigenvalue weighted by atomic mass is 19.4. The van der Waals surface area contributed by atoms with E-state index in [9.17, 15) is 17.6 Å². The van der Waals surface area contributed by atoms with E-state index in [0.29, 0.717) is 12.1 Å². The molecule has 1 atom stereocenters. The standard InChI is InChI=1S/C12H15F4NO/c1-3-17-8(2)9-5-4-6-10(13)11(9)18-7-12(14,15)16/h4-6,8,17H,3,7H2,1-2H3. The third-order valence-electron chi connectivity index (χ3n) is 2.35. The maximum atomic E-state index is 13.5. The molecule has 0 aliphatic rings. The first kappa shape index (κ1) is 14.8. The molecular weight excluding hydrogens is 250 g/mol. The van der Waals surface area contributed by atoms with E-state index < -0.39 is 18.6 Å². The summed E-state index contributed by atoms with van der Waals surface area (Å²) in [6.07, 6.45) is -4.49. The summed E-state index contributed by atoms with van der Waals surface area (Å²) in [7, 11) is 0. The van der Waals surface area contributed by atoms with Crippen LogP contribution in [0.25, 0.3) is 0 Å². The second kappa shape index (κ2) is 6.04. The van der Waals surface area contributed by atoms with Crippen molar-refractivity contribution < 1.29 is 22.3 Å². The van der Waals surface area contributed by atoms with Gasteiger partial charge < -0.3 is 10.1 Å². The van der Waals surface area contributed by atoms with Crippen LogP contribution in [0.3, 0.4) is 0 Å². The van der Waals surface area contributed by atoms with Crippen LogP contribution in [-0.2, 0) is 0 Å². The van der Waals surface area contributed by atoms with Crippen molar-refractivity contribution in [2.24, 2.45) is 0 Å². The minimum absolute atomic E-state index is 0.283. The second-order valence-electron chi connectivity index (χ2n) is 3.84. The zero-order valence-electron chi connectivity index (χ0n) is 10.1. The van der Waals surface area contributed by atoms with E-state index in [0.717, 1.165) is 6.07 Å². The van der Waals surface area contributed by atoms with E-state index >= 15 is 0 Å². The summed E-state index contributed by atoms with van der Waals surface area (Å²) in [5.41, 5.74) is 0.376. The fraction of sp³-hybridized carbons (Fsp3) is 0.500. The summed E-state index contributed by atoms with van der Waals surface area (Å²) in [6.45, 7) is 2.71. The lowest BCUT2D eigenvalue weighted by Gasteiger charge is -2.18. The molecule has 0 heterocycles. The molecule has 0 aliphatic heterocycles. The molecule has 1 aromatic carbocycles. The quantitative estimate of drug-likeness (QED) is 0.823. The van der Waals surface area contributed by atoms with Crippen molar-refractivity contribution in [3.8, 4) is 5.75 Å².